The molecule has 27 heavy (non-hydrogen) atoms. The summed E-state index contributed by atoms with van der Waals surface area (Å²) < 4.78 is 24.0. The van der Waals surface area contributed by atoms with Crippen LogP contribution in [-0.4, -0.2) is 81.2 Å². The quantitative estimate of drug-likeness (QED) is 0.749. The van der Waals surface area contributed by atoms with E-state index in [1.165, 1.54) is 6.26 Å². The minimum atomic E-state index is -3.31. The van der Waals surface area contributed by atoms with E-state index in [1.807, 2.05) is 9.80 Å². The first-order chi connectivity index (χ1) is 12.9. The van der Waals surface area contributed by atoms with E-state index in [0.717, 1.165) is 58.7 Å². The zero-order valence-corrected chi connectivity index (χ0v) is 17.1. The lowest BCUT2D eigenvalue weighted by atomic mass is 9.93. The van der Waals surface area contributed by atoms with E-state index in [1.54, 1.807) is 18.3 Å². The predicted octanol–water partition coefficient (Wildman–Crippen LogP) is 1.26. The molecule has 2 aliphatic heterocycles. The van der Waals surface area contributed by atoms with Crippen molar-refractivity contribution in [3.63, 3.8) is 0 Å². The smallest absolute Gasteiger partial charge is 0.222 e. The number of pyridine rings is 1. The third kappa shape index (κ3) is 4.99. The monoisotopic (exact) mass is 394 g/mol. The summed E-state index contributed by atoms with van der Waals surface area (Å²) >= 11 is 0. The molecule has 0 aliphatic carbocycles. The predicted molar refractivity (Wildman–Crippen MR) is 106 cm³/mol. The highest BCUT2D eigenvalue weighted by Gasteiger charge is 2.28. The van der Waals surface area contributed by atoms with Crippen LogP contribution in [0.3, 0.4) is 0 Å². The summed E-state index contributed by atoms with van der Waals surface area (Å²) in [6.07, 6.45) is 5.23. The Kier molecular flexibility index (Phi) is 6.37. The maximum absolute atomic E-state index is 12.6. The van der Waals surface area contributed by atoms with Crippen LogP contribution >= 0.6 is 0 Å². The first-order valence-corrected chi connectivity index (χ1v) is 11.7. The van der Waals surface area contributed by atoms with E-state index in [9.17, 15) is 13.2 Å². The van der Waals surface area contributed by atoms with Gasteiger partial charge in [-0.15, -0.1) is 0 Å². The molecule has 0 N–H and O–H groups in total. The second-order valence-electron chi connectivity index (χ2n) is 7.55. The number of amides is 1. The highest BCUT2D eigenvalue weighted by Crippen LogP contribution is 2.28. The molecule has 1 aromatic rings. The minimum Gasteiger partial charge on any atom is -0.356 e. The van der Waals surface area contributed by atoms with Gasteiger partial charge in [0.25, 0.3) is 0 Å². The molecule has 0 spiro atoms. The van der Waals surface area contributed by atoms with Crippen LogP contribution in [0.5, 0.6) is 0 Å². The molecule has 2 saturated heterocycles. The summed E-state index contributed by atoms with van der Waals surface area (Å²) in [5, 5.41) is 0. The van der Waals surface area contributed by atoms with Gasteiger partial charge in [-0.3, -0.25) is 4.79 Å². The van der Waals surface area contributed by atoms with Crippen molar-refractivity contribution >= 4 is 21.6 Å². The van der Waals surface area contributed by atoms with Gasteiger partial charge in [0.2, 0.25) is 5.91 Å². The number of rotatable bonds is 5. The number of hydrogen-bond acceptors (Lipinski definition) is 6. The van der Waals surface area contributed by atoms with Crippen LogP contribution in [0.2, 0.25) is 0 Å². The lowest BCUT2D eigenvalue weighted by Gasteiger charge is -2.36. The minimum absolute atomic E-state index is 0.263. The Hall–Kier alpha value is -1.67. The zero-order chi connectivity index (χ0) is 19.4. The fourth-order valence-corrected chi connectivity index (χ4v) is 4.79. The molecule has 8 heteroatoms. The van der Waals surface area contributed by atoms with Gasteiger partial charge in [0.1, 0.15) is 10.7 Å². The van der Waals surface area contributed by atoms with Gasteiger partial charge in [-0.25, -0.2) is 13.4 Å². The average molecular weight is 395 g/mol. The Bertz CT molecular complexity index is 752. The number of carbonyl (C=O) groups excluding carboxylic acids is 1. The van der Waals surface area contributed by atoms with Gasteiger partial charge in [-0.05, 0) is 37.4 Å². The highest BCUT2D eigenvalue weighted by atomic mass is 32.2. The van der Waals surface area contributed by atoms with Crippen molar-refractivity contribution < 1.29 is 13.2 Å². The largest absolute Gasteiger partial charge is 0.356 e. The van der Waals surface area contributed by atoms with E-state index >= 15 is 0 Å². The second kappa shape index (κ2) is 8.56. The third-order valence-corrected chi connectivity index (χ3v) is 6.82. The molecule has 2 aliphatic rings. The van der Waals surface area contributed by atoms with Crippen LogP contribution in [0, 0.1) is 5.92 Å². The van der Waals surface area contributed by atoms with E-state index in [4.69, 9.17) is 0 Å². The molecular formula is C19H30N4O3S. The molecule has 3 heterocycles. The molecular weight excluding hydrogens is 364 g/mol. The molecule has 7 nitrogen and oxygen atoms in total. The number of hydrogen-bond donors (Lipinski definition) is 0. The lowest BCUT2D eigenvalue weighted by molar-refractivity contribution is -0.134. The summed E-state index contributed by atoms with van der Waals surface area (Å²) in [6, 6.07) is 3.27. The molecule has 0 atom stereocenters. The Morgan fingerprint density at radius 2 is 1.81 bits per heavy atom. The van der Waals surface area contributed by atoms with Crippen LogP contribution in [0.15, 0.2) is 23.2 Å². The number of nitrogens with zero attached hydrogens (tertiary/aromatic N) is 4. The number of anilines is 1. The van der Waals surface area contributed by atoms with Crippen molar-refractivity contribution in [2.75, 3.05) is 57.0 Å². The van der Waals surface area contributed by atoms with Gasteiger partial charge in [0.15, 0.2) is 9.84 Å². The Balaban J connectivity index is 1.53. The Labute approximate surface area is 162 Å². The van der Waals surface area contributed by atoms with Crippen molar-refractivity contribution in [3.05, 3.63) is 18.3 Å². The van der Waals surface area contributed by atoms with Crippen LogP contribution < -0.4 is 4.90 Å². The average Bonchev–Trinajstić information content (AvgIpc) is 2.68. The van der Waals surface area contributed by atoms with Crippen LogP contribution in [0.1, 0.15) is 26.2 Å². The molecule has 2 fully saturated rings. The van der Waals surface area contributed by atoms with Gasteiger partial charge in [-0.1, -0.05) is 6.92 Å². The van der Waals surface area contributed by atoms with Crippen molar-refractivity contribution in [1.82, 2.24) is 14.8 Å². The maximum Gasteiger partial charge on any atom is 0.222 e. The molecule has 3 rings (SSSR count). The first kappa shape index (κ1) is 20.1. The van der Waals surface area contributed by atoms with E-state index in [-0.39, 0.29) is 10.8 Å². The maximum atomic E-state index is 12.6. The van der Waals surface area contributed by atoms with Crippen molar-refractivity contribution in [2.45, 2.75) is 31.1 Å². The van der Waals surface area contributed by atoms with Crippen LogP contribution in [0.4, 0.5) is 5.82 Å². The van der Waals surface area contributed by atoms with Crippen molar-refractivity contribution in [3.8, 4) is 0 Å². The van der Waals surface area contributed by atoms with E-state index in [0.29, 0.717) is 18.2 Å². The summed E-state index contributed by atoms with van der Waals surface area (Å²) in [6.45, 7) is 8.27. The molecule has 0 unspecified atom stereocenters. The van der Waals surface area contributed by atoms with Crippen LogP contribution in [-0.2, 0) is 14.6 Å². The Morgan fingerprint density at radius 3 is 2.41 bits per heavy atom. The zero-order valence-electron chi connectivity index (χ0n) is 16.3. The van der Waals surface area contributed by atoms with Crippen molar-refractivity contribution in [2.24, 2.45) is 5.92 Å². The summed E-state index contributed by atoms with van der Waals surface area (Å²) in [5.41, 5.74) is 0. The van der Waals surface area contributed by atoms with Crippen LogP contribution in [0.25, 0.3) is 0 Å². The topological polar surface area (TPSA) is 73.8 Å². The highest BCUT2D eigenvalue weighted by molar-refractivity contribution is 7.90. The fourth-order valence-electron chi connectivity index (χ4n) is 3.95. The molecule has 0 aromatic carbocycles. The molecule has 1 amide bonds. The first-order valence-electron chi connectivity index (χ1n) is 9.78. The summed E-state index contributed by atoms with van der Waals surface area (Å²) in [4.78, 5) is 23.6. The van der Waals surface area contributed by atoms with Gasteiger partial charge < -0.3 is 14.7 Å². The molecule has 0 bridgehead atoms. The standard InChI is InChI=1S/C19H30N4O3S/c1-3-21-11-13-22(14-12-21)18(24)15-16-6-9-23(10-7-16)19-17(27(2,25)26)5-4-8-20-19/h4-5,8,16H,3,6-7,9-15H2,1-2H3. The lowest BCUT2D eigenvalue weighted by Crippen LogP contribution is -2.49. The number of piperidine rings is 1. The van der Waals surface area contributed by atoms with Gasteiger partial charge in [0.05, 0.1) is 0 Å². The second-order valence-corrected chi connectivity index (χ2v) is 9.53. The SMILES string of the molecule is CCN1CCN(C(=O)CC2CCN(c3ncccc3S(C)(=O)=O)CC2)CC1. The molecule has 0 saturated carbocycles. The number of likely N-dealkylation sites (N-methyl/N-ethyl adjacent to an activating group) is 1. The van der Waals surface area contributed by atoms with E-state index in [2.05, 4.69) is 16.8 Å². The number of carbonyl (C=O) groups is 1. The molecule has 0 radical (unpaired) electrons. The number of sulfone groups is 1. The third-order valence-electron chi connectivity index (χ3n) is 5.70. The Morgan fingerprint density at radius 1 is 1.15 bits per heavy atom. The van der Waals surface area contributed by atoms with Gasteiger partial charge in [0, 0.05) is 58.1 Å². The van der Waals surface area contributed by atoms with Gasteiger partial charge >= 0.3 is 0 Å². The number of aromatic nitrogens is 1. The fraction of sp³-hybridized carbons (Fsp3) is 0.684. The van der Waals surface area contributed by atoms with Gasteiger partial charge in [-0.2, -0.15) is 0 Å². The molecule has 150 valence electrons. The normalized spacial score (nSPS) is 20.1. The number of piperazine rings is 1. The molecule has 1 aromatic heterocycles. The van der Waals surface area contributed by atoms with Crippen molar-refractivity contribution in [1.29, 1.82) is 0 Å². The summed E-state index contributed by atoms with van der Waals surface area (Å²) in [7, 11) is -3.31. The van der Waals surface area contributed by atoms with E-state index < -0.39 is 9.84 Å². The summed E-state index contributed by atoms with van der Waals surface area (Å²) in [5.74, 6) is 1.17.